The molecule has 3 saturated heterocycles. The minimum absolute atomic E-state index is 0.622. The van der Waals surface area contributed by atoms with Gasteiger partial charge in [0.15, 0.2) is 0 Å². The van der Waals surface area contributed by atoms with Crippen LogP contribution < -0.4 is 0 Å². The fourth-order valence-corrected chi connectivity index (χ4v) is 25.5. The topological polar surface area (TPSA) is 12.5 Å². The van der Waals surface area contributed by atoms with E-state index in [2.05, 4.69) is 28.4 Å². The van der Waals surface area contributed by atoms with Gasteiger partial charge in [-0.15, -0.1) is 0 Å². The molecular formula is C58H93NOS2. The summed E-state index contributed by atoms with van der Waals surface area (Å²) in [5.41, 5.74) is 0. The summed E-state index contributed by atoms with van der Waals surface area (Å²) in [5, 5.41) is 3.89. The van der Waals surface area contributed by atoms with Crippen LogP contribution in [0.1, 0.15) is 225 Å². The largest absolute Gasteiger partial charge is 0.374 e. The smallest absolute Gasteiger partial charge is 0.0652 e. The summed E-state index contributed by atoms with van der Waals surface area (Å²) < 4.78 is 7.65. The van der Waals surface area contributed by atoms with E-state index in [4.69, 9.17) is 4.74 Å². The van der Waals surface area contributed by atoms with Crippen molar-refractivity contribution in [3.05, 3.63) is 0 Å². The SMILES string of the molecule is C1CCC(C2CCC3CCC(C4CCC(N(C5CCC(C6CCCC7C8CCC9SC%10CCCCC%10C9C8OC67)CC5)C5CCCC6C7CCCCC7SC65)CC4)CC3C2)CC1. The van der Waals surface area contributed by atoms with Crippen molar-refractivity contribution in [2.75, 3.05) is 0 Å². The average molecular weight is 885 g/mol. The number of hydrogen-bond acceptors (Lipinski definition) is 4. The second kappa shape index (κ2) is 18.5. The number of ether oxygens (including phenoxy) is 1. The van der Waals surface area contributed by atoms with Crippen molar-refractivity contribution in [1.29, 1.82) is 0 Å². The average Bonchev–Trinajstić information content (AvgIpc) is 4.04. The highest BCUT2D eigenvalue weighted by Gasteiger charge is 2.60. The Bertz CT molecular complexity index is 1500. The zero-order chi connectivity index (χ0) is 40.7. The Hall–Kier alpha value is 0.620. The molecule has 2 nitrogen and oxygen atoms in total. The molecule has 0 N–H and O–H groups in total. The third kappa shape index (κ3) is 7.86. The molecule has 13 aliphatic rings. The van der Waals surface area contributed by atoms with Gasteiger partial charge in [0.25, 0.3) is 0 Å². The molecule has 0 spiro atoms. The Kier molecular flexibility index (Phi) is 12.7. The second-order valence-electron chi connectivity index (χ2n) is 26.2. The Morgan fingerprint density at radius 3 is 1.60 bits per heavy atom. The van der Waals surface area contributed by atoms with Crippen LogP contribution in [0.2, 0.25) is 0 Å². The number of fused-ring (bicyclic) bond motifs is 11. The van der Waals surface area contributed by atoms with E-state index in [1.165, 1.54) is 116 Å². The van der Waals surface area contributed by atoms with E-state index in [0.29, 0.717) is 12.2 Å². The number of rotatable bonds is 6. The summed E-state index contributed by atoms with van der Waals surface area (Å²) in [6, 6.07) is 2.66. The lowest BCUT2D eigenvalue weighted by atomic mass is 9.59. The van der Waals surface area contributed by atoms with E-state index in [-0.39, 0.29) is 0 Å². The van der Waals surface area contributed by atoms with Crippen LogP contribution in [-0.2, 0) is 4.74 Å². The molecule has 0 aromatic heterocycles. The van der Waals surface area contributed by atoms with E-state index < -0.39 is 0 Å². The van der Waals surface area contributed by atoms with Gasteiger partial charge >= 0.3 is 0 Å². The first kappa shape index (κ1) is 42.7. The molecule has 62 heavy (non-hydrogen) atoms. The highest BCUT2D eigenvalue weighted by Crippen LogP contribution is 2.63. The fraction of sp³-hybridized carbons (Fsp3) is 1.00. The summed E-state index contributed by atoms with van der Waals surface area (Å²) >= 11 is 5.04. The molecule has 10 saturated carbocycles. The zero-order valence-corrected chi connectivity index (χ0v) is 41.3. The maximum absolute atomic E-state index is 7.65. The number of thioether (sulfide) groups is 2. The third-order valence-electron chi connectivity index (χ3n) is 23.9. The Balaban J connectivity index is 0.689. The van der Waals surface area contributed by atoms with Crippen molar-refractivity contribution >= 4 is 23.5 Å². The predicted molar refractivity (Wildman–Crippen MR) is 263 cm³/mol. The van der Waals surface area contributed by atoms with Gasteiger partial charge in [0.05, 0.1) is 12.2 Å². The molecule has 0 radical (unpaired) electrons. The summed E-state index contributed by atoms with van der Waals surface area (Å²) in [5.74, 6) is 14.2. The molecule has 0 aromatic carbocycles. The van der Waals surface area contributed by atoms with Crippen molar-refractivity contribution < 1.29 is 4.74 Å². The highest BCUT2D eigenvalue weighted by molar-refractivity contribution is 8.01. The molecule has 0 bridgehead atoms. The van der Waals surface area contributed by atoms with Gasteiger partial charge in [-0.2, -0.15) is 23.5 Å². The van der Waals surface area contributed by atoms with Crippen LogP contribution in [0.15, 0.2) is 0 Å². The van der Waals surface area contributed by atoms with Gasteiger partial charge in [0, 0.05) is 45.0 Å². The molecule has 18 unspecified atom stereocenters. The summed E-state index contributed by atoms with van der Waals surface area (Å²) in [6.45, 7) is 0. The van der Waals surface area contributed by atoms with Gasteiger partial charge in [0.1, 0.15) is 0 Å². The Labute approximate surface area is 390 Å². The van der Waals surface area contributed by atoms with Crippen LogP contribution in [0.3, 0.4) is 0 Å². The van der Waals surface area contributed by atoms with Gasteiger partial charge in [-0.1, -0.05) is 70.6 Å². The minimum Gasteiger partial charge on any atom is -0.374 e. The van der Waals surface area contributed by atoms with E-state index in [0.717, 1.165) is 122 Å². The monoisotopic (exact) mass is 884 g/mol. The van der Waals surface area contributed by atoms with Gasteiger partial charge in [-0.3, -0.25) is 4.90 Å². The third-order valence-corrected chi connectivity index (χ3v) is 27.6. The molecule has 10 aliphatic carbocycles. The van der Waals surface area contributed by atoms with Crippen molar-refractivity contribution in [3.63, 3.8) is 0 Å². The van der Waals surface area contributed by atoms with Crippen LogP contribution in [0.4, 0.5) is 0 Å². The first-order valence-corrected chi connectivity index (χ1v) is 31.3. The summed E-state index contributed by atoms with van der Waals surface area (Å²) in [7, 11) is 0. The van der Waals surface area contributed by atoms with Crippen LogP contribution in [0.25, 0.3) is 0 Å². The summed E-state index contributed by atoms with van der Waals surface area (Å²) in [6.07, 6.45) is 55.4. The normalized spacial score (nSPS) is 54.3. The molecule has 0 aromatic rings. The maximum atomic E-state index is 7.65. The van der Waals surface area contributed by atoms with Crippen LogP contribution in [0.5, 0.6) is 0 Å². The highest BCUT2D eigenvalue weighted by atomic mass is 32.2. The van der Waals surface area contributed by atoms with Crippen molar-refractivity contribution in [2.45, 2.75) is 276 Å². The lowest BCUT2D eigenvalue weighted by Gasteiger charge is -2.53. The fourth-order valence-electron chi connectivity index (χ4n) is 21.2. The zero-order valence-electron chi connectivity index (χ0n) is 39.7. The quantitative estimate of drug-likeness (QED) is 0.263. The molecule has 3 heterocycles. The molecule has 18 atom stereocenters. The molecule has 348 valence electrons. The first-order valence-electron chi connectivity index (χ1n) is 29.5. The molecular weight excluding hydrogens is 791 g/mol. The van der Waals surface area contributed by atoms with Crippen LogP contribution in [0, 0.1) is 82.9 Å². The lowest BCUT2D eigenvalue weighted by Crippen LogP contribution is -2.57. The van der Waals surface area contributed by atoms with Gasteiger partial charge in [-0.25, -0.2) is 0 Å². The van der Waals surface area contributed by atoms with Gasteiger partial charge in [0.2, 0.25) is 0 Å². The standard InChI is InChI=1S/C58H93NOS2/c1-2-10-36(11-3-1)40-22-20-38-21-23-41(35-42(38)34-40)37-24-28-43(29-25-37)59(51-17-9-16-49-46-12-4-6-18-52(46)62-58(49)51)44-30-26-39(27-31-44)45-14-8-15-47-48-32-33-54-55(57(48)60-56(45)47)50-13-5-7-19-53(50)61-54/h36-58H,1-35H2. The van der Waals surface area contributed by atoms with E-state index in [9.17, 15) is 0 Å². The van der Waals surface area contributed by atoms with Crippen molar-refractivity contribution in [2.24, 2.45) is 82.9 Å². The molecule has 13 fully saturated rings. The molecule has 3 aliphatic heterocycles. The van der Waals surface area contributed by atoms with Crippen LogP contribution in [-0.4, -0.2) is 56.2 Å². The van der Waals surface area contributed by atoms with Crippen molar-refractivity contribution in [3.8, 4) is 0 Å². The molecule has 13 rings (SSSR count). The van der Waals surface area contributed by atoms with E-state index in [1.807, 2.05) is 0 Å². The van der Waals surface area contributed by atoms with E-state index in [1.54, 1.807) is 109 Å². The van der Waals surface area contributed by atoms with E-state index >= 15 is 0 Å². The number of hydrogen-bond donors (Lipinski definition) is 0. The van der Waals surface area contributed by atoms with Gasteiger partial charge < -0.3 is 4.74 Å². The first-order chi connectivity index (χ1) is 30.7. The maximum Gasteiger partial charge on any atom is 0.0652 e. The van der Waals surface area contributed by atoms with Crippen molar-refractivity contribution in [1.82, 2.24) is 4.90 Å². The Morgan fingerprint density at radius 1 is 0.306 bits per heavy atom. The Morgan fingerprint density at radius 2 is 0.839 bits per heavy atom. The van der Waals surface area contributed by atoms with Crippen LogP contribution >= 0.6 is 23.5 Å². The van der Waals surface area contributed by atoms with Gasteiger partial charge in [-0.05, 0) is 231 Å². The lowest BCUT2D eigenvalue weighted by molar-refractivity contribution is -0.0777. The second-order valence-corrected chi connectivity index (χ2v) is 29.1. The molecule has 4 heteroatoms. The predicted octanol–water partition coefficient (Wildman–Crippen LogP) is 15.5. The minimum atomic E-state index is 0.622. The summed E-state index contributed by atoms with van der Waals surface area (Å²) in [4.78, 5) is 3.45. The number of nitrogens with zero attached hydrogens (tertiary/aromatic N) is 1. The molecule has 0 amide bonds.